The van der Waals surface area contributed by atoms with Crippen LogP contribution in [0.1, 0.15) is 37.3 Å². The van der Waals surface area contributed by atoms with Crippen LogP contribution in [-0.4, -0.2) is 17.2 Å². The van der Waals surface area contributed by atoms with Crippen molar-refractivity contribution in [3.05, 3.63) is 65.7 Å². The predicted octanol–water partition coefficient (Wildman–Crippen LogP) is 4.27. The molecule has 2 aromatic carbocycles. The summed E-state index contributed by atoms with van der Waals surface area (Å²) in [4.78, 5) is 11.5. The van der Waals surface area contributed by atoms with Crippen LogP contribution in [0.2, 0.25) is 0 Å². The molecule has 0 spiro atoms. The van der Waals surface area contributed by atoms with Crippen LogP contribution in [0.3, 0.4) is 0 Å². The second kappa shape index (κ2) is 7.64. The number of carbonyl (C=O) groups is 1. The number of carboxylic acids is 1. The van der Waals surface area contributed by atoms with Crippen LogP contribution < -0.4 is 4.74 Å². The van der Waals surface area contributed by atoms with Crippen LogP contribution in [0.25, 0.3) is 0 Å². The van der Waals surface area contributed by atoms with Crippen molar-refractivity contribution in [2.75, 3.05) is 0 Å². The van der Waals surface area contributed by atoms with Crippen molar-refractivity contribution in [1.29, 1.82) is 0 Å². The van der Waals surface area contributed by atoms with Crippen LogP contribution in [0.4, 0.5) is 0 Å². The van der Waals surface area contributed by atoms with Gasteiger partial charge in [-0.3, -0.25) is 0 Å². The van der Waals surface area contributed by atoms with Crippen molar-refractivity contribution in [2.45, 2.75) is 38.7 Å². The maximum Gasteiger partial charge on any atom is 0.345 e. The van der Waals surface area contributed by atoms with E-state index in [1.807, 2.05) is 54.6 Å². The largest absolute Gasteiger partial charge is 0.478 e. The Balaban J connectivity index is 2.20. The third-order valence-electron chi connectivity index (χ3n) is 3.87. The molecule has 0 saturated heterocycles. The molecule has 0 aliphatic carbocycles. The number of hydrogen-bond donors (Lipinski definition) is 1. The number of ether oxygens (including phenoxy) is 1. The van der Waals surface area contributed by atoms with Gasteiger partial charge in [-0.2, -0.15) is 0 Å². The molecule has 2 aromatic rings. The third-order valence-corrected chi connectivity index (χ3v) is 3.87. The third kappa shape index (κ3) is 4.10. The van der Waals surface area contributed by atoms with E-state index in [-0.39, 0.29) is 0 Å². The van der Waals surface area contributed by atoms with Crippen molar-refractivity contribution < 1.29 is 14.6 Å². The monoisotopic (exact) mass is 298 g/mol. The first-order chi connectivity index (χ1) is 10.6. The van der Waals surface area contributed by atoms with Gasteiger partial charge in [-0.05, 0) is 29.5 Å². The Labute approximate surface area is 131 Å². The molecular formula is C19H22O3. The number of rotatable bonds is 7. The van der Waals surface area contributed by atoms with Crippen molar-refractivity contribution in [3.8, 4) is 5.75 Å². The van der Waals surface area contributed by atoms with E-state index in [2.05, 4.69) is 13.8 Å². The van der Waals surface area contributed by atoms with Gasteiger partial charge < -0.3 is 9.84 Å². The molecule has 0 aromatic heterocycles. The van der Waals surface area contributed by atoms with Crippen molar-refractivity contribution in [1.82, 2.24) is 0 Å². The molecule has 1 N–H and O–H groups in total. The molecule has 116 valence electrons. The molecule has 22 heavy (non-hydrogen) atoms. The molecule has 0 heterocycles. The van der Waals surface area contributed by atoms with E-state index < -0.39 is 12.1 Å². The van der Waals surface area contributed by atoms with Gasteiger partial charge in [0.2, 0.25) is 0 Å². The molecule has 0 amide bonds. The summed E-state index contributed by atoms with van der Waals surface area (Å²) in [6, 6.07) is 17.2. The van der Waals surface area contributed by atoms with Crippen LogP contribution in [-0.2, 0) is 11.2 Å². The van der Waals surface area contributed by atoms with Crippen molar-refractivity contribution in [2.24, 2.45) is 0 Å². The lowest BCUT2D eigenvalue weighted by Crippen LogP contribution is -2.29. The van der Waals surface area contributed by atoms with Gasteiger partial charge in [0.05, 0.1) is 0 Å². The highest BCUT2D eigenvalue weighted by Gasteiger charge is 2.22. The predicted molar refractivity (Wildman–Crippen MR) is 87.3 cm³/mol. The maximum atomic E-state index is 11.5. The number of para-hydroxylation sites is 1. The second-order valence-electron chi connectivity index (χ2n) is 5.48. The van der Waals surface area contributed by atoms with Crippen LogP contribution in [0.5, 0.6) is 5.75 Å². The van der Waals surface area contributed by atoms with E-state index in [1.54, 1.807) is 0 Å². The molecule has 3 nitrogen and oxygen atoms in total. The van der Waals surface area contributed by atoms with Crippen LogP contribution in [0.15, 0.2) is 54.6 Å². The molecular weight excluding hydrogens is 276 g/mol. The van der Waals surface area contributed by atoms with E-state index in [0.717, 1.165) is 17.5 Å². The zero-order valence-electron chi connectivity index (χ0n) is 13.0. The summed E-state index contributed by atoms with van der Waals surface area (Å²) >= 11 is 0. The molecule has 0 aliphatic heterocycles. The molecule has 2 unspecified atom stereocenters. The van der Waals surface area contributed by atoms with E-state index >= 15 is 0 Å². The van der Waals surface area contributed by atoms with Crippen LogP contribution >= 0.6 is 0 Å². The van der Waals surface area contributed by atoms with E-state index in [9.17, 15) is 9.90 Å². The first-order valence-electron chi connectivity index (χ1n) is 7.64. The number of hydrogen-bond acceptors (Lipinski definition) is 2. The average molecular weight is 298 g/mol. The molecule has 0 radical (unpaired) electrons. The summed E-state index contributed by atoms with van der Waals surface area (Å²) in [5.74, 6) is 0.0605. The summed E-state index contributed by atoms with van der Waals surface area (Å²) in [6.45, 7) is 4.23. The van der Waals surface area contributed by atoms with E-state index in [4.69, 9.17) is 4.74 Å². The summed E-state index contributed by atoms with van der Waals surface area (Å²) in [7, 11) is 0. The van der Waals surface area contributed by atoms with Gasteiger partial charge in [-0.1, -0.05) is 62.4 Å². The smallest absolute Gasteiger partial charge is 0.345 e. The molecule has 0 bridgehead atoms. The lowest BCUT2D eigenvalue weighted by molar-refractivity contribution is -0.145. The average Bonchev–Trinajstić information content (AvgIpc) is 2.55. The lowest BCUT2D eigenvalue weighted by Gasteiger charge is -2.20. The fraction of sp³-hybridized carbons (Fsp3) is 0.316. The zero-order chi connectivity index (χ0) is 15.9. The Hall–Kier alpha value is -2.29. The highest BCUT2D eigenvalue weighted by molar-refractivity contribution is 5.73. The number of benzene rings is 2. The summed E-state index contributed by atoms with van der Waals surface area (Å²) in [5.41, 5.74) is 2.01. The van der Waals surface area contributed by atoms with Crippen molar-refractivity contribution in [3.63, 3.8) is 0 Å². The summed E-state index contributed by atoms with van der Waals surface area (Å²) in [5, 5.41) is 9.46. The molecule has 2 rings (SSSR count). The van der Waals surface area contributed by atoms with E-state index in [1.165, 1.54) is 0 Å². The standard InChI is InChI=1S/C19H22O3/c1-3-14(2)16-11-7-8-12-17(16)22-18(19(20)21)13-15-9-5-4-6-10-15/h4-12,14,18H,3,13H2,1-2H3,(H,20,21). The minimum Gasteiger partial charge on any atom is -0.478 e. The zero-order valence-corrected chi connectivity index (χ0v) is 13.0. The second-order valence-corrected chi connectivity index (χ2v) is 5.48. The normalized spacial score (nSPS) is 13.4. The first-order valence-corrected chi connectivity index (χ1v) is 7.64. The number of aliphatic carboxylic acids is 1. The SMILES string of the molecule is CCC(C)c1ccccc1OC(Cc1ccccc1)C(=O)O. The fourth-order valence-corrected chi connectivity index (χ4v) is 2.38. The summed E-state index contributed by atoms with van der Waals surface area (Å²) < 4.78 is 5.83. The number of carboxylic acid groups (broad SMARTS) is 1. The van der Waals surface area contributed by atoms with Gasteiger partial charge in [0, 0.05) is 6.42 Å². The highest BCUT2D eigenvalue weighted by Crippen LogP contribution is 2.29. The Morgan fingerprint density at radius 1 is 1.09 bits per heavy atom. The van der Waals surface area contributed by atoms with E-state index in [0.29, 0.717) is 18.1 Å². The first kappa shape index (κ1) is 16.1. The molecule has 0 aliphatic rings. The Morgan fingerprint density at radius 3 is 2.36 bits per heavy atom. The fourth-order valence-electron chi connectivity index (χ4n) is 2.38. The maximum absolute atomic E-state index is 11.5. The van der Waals surface area contributed by atoms with Crippen LogP contribution in [0, 0.1) is 0 Å². The van der Waals surface area contributed by atoms with Gasteiger partial charge in [0.25, 0.3) is 0 Å². The topological polar surface area (TPSA) is 46.5 Å². The minimum atomic E-state index is -0.942. The Bertz CT molecular complexity index is 607. The van der Waals surface area contributed by atoms with Gasteiger partial charge in [0.1, 0.15) is 5.75 Å². The molecule has 0 saturated carbocycles. The summed E-state index contributed by atoms with van der Waals surface area (Å²) in [6.07, 6.45) is 0.453. The van der Waals surface area contributed by atoms with Gasteiger partial charge in [-0.25, -0.2) is 4.79 Å². The lowest BCUT2D eigenvalue weighted by atomic mass is 9.97. The molecule has 0 fully saturated rings. The Morgan fingerprint density at radius 2 is 1.73 bits per heavy atom. The molecule has 2 atom stereocenters. The Kier molecular flexibility index (Phi) is 5.59. The quantitative estimate of drug-likeness (QED) is 0.830. The minimum absolute atomic E-state index is 0.336. The van der Waals surface area contributed by atoms with Gasteiger partial charge >= 0.3 is 5.97 Å². The van der Waals surface area contributed by atoms with Gasteiger partial charge in [0.15, 0.2) is 6.10 Å². The van der Waals surface area contributed by atoms with Crippen molar-refractivity contribution >= 4 is 5.97 Å². The van der Waals surface area contributed by atoms with Gasteiger partial charge in [-0.15, -0.1) is 0 Å². The molecule has 3 heteroatoms. The highest BCUT2D eigenvalue weighted by atomic mass is 16.5.